The van der Waals surface area contributed by atoms with E-state index in [1.165, 1.54) is 17.4 Å². The lowest BCUT2D eigenvalue weighted by Crippen LogP contribution is -2.28. The summed E-state index contributed by atoms with van der Waals surface area (Å²) in [7, 11) is -2.20. The zero-order valence-corrected chi connectivity index (χ0v) is 12.5. The van der Waals surface area contributed by atoms with E-state index in [2.05, 4.69) is 0 Å². The van der Waals surface area contributed by atoms with Gasteiger partial charge in [0.2, 0.25) is 0 Å². The van der Waals surface area contributed by atoms with Crippen LogP contribution in [0.25, 0.3) is 0 Å². The molecule has 0 radical (unpaired) electrons. The summed E-state index contributed by atoms with van der Waals surface area (Å²) in [6, 6.07) is 15.3. The molecule has 4 nitrogen and oxygen atoms in total. The Hall–Kier alpha value is -1.92. The van der Waals surface area contributed by atoms with Crippen LogP contribution in [0.3, 0.4) is 0 Å². The molecule has 0 saturated heterocycles. The van der Waals surface area contributed by atoms with E-state index in [1.807, 2.05) is 6.07 Å². The number of para-hydroxylation sites is 1. The summed E-state index contributed by atoms with van der Waals surface area (Å²) in [5.74, 6) is 0. The van der Waals surface area contributed by atoms with Crippen molar-refractivity contribution in [1.29, 1.82) is 0 Å². The Kier molecular flexibility index (Phi) is 4.06. The first kappa shape index (κ1) is 14.5. The molecule has 0 saturated carbocycles. The number of benzene rings is 2. The highest BCUT2D eigenvalue weighted by Crippen LogP contribution is 2.24. The second-order valence-corrected chi connectivity index (χ2v) is 6.55. The number of hydrogen-bond acceptors (Lipinski definition) is 3. The summed E-state index contributed by atoms with van der Waals surface area (Å²) in [4.78, 5) is 0.171. The number of anilines is 1. The summed E-state index contributed by atoms with van der Waals surface area (Å²) >= 11 is 4.92. The molecule has 0 unspecified atom stereocenters. The molecule has 0 aliphatic rings. The van der Waals surface area contributed by atoms with Gasteiger partial charge in [-0.1, -0.05) is 48.6 Å². The molecule has 2 N–H and O–H groups in total. The first-order valence-electron chi connectivity index (χ1n) is 5.87. The minimum Gasteiger partial charge on any atom is -0.389 e. The summed E-state index contributed by atoms with van der Waals surface area (Å²) < 4.78 is 26.5. The van der Waals surface area contributed by atoms with Crippen molar-refractivity contribution in [3.63, 3.8) is 0 Å². The van der Waals surface area contributed by atoms with E-state index in [9.17, 15) is 8.42 Å². The summed E-state index contributed by atoms with van der Waals surface area (Å²) in [5.41, 5.74) is 6.52. The van der Waals surface area contributed by atoms with Gasteiger partial charge in [0.15, 0.2) is 0 Å². The quantitative estimate of drug-likeness (QED) is 0.879. The van der Waals surface area contributed by atoms with E-state index in [0.29, 0.717) is 11.3 Å². The molecule has 0 fully saturated rings. The molecule has 0 aliphatic heterocycles. The van der Waals surface area contributed by atoms with Gasteiger partial charge in [0.1, 0.15) is 4.99 Å². The molecule has 0 aliphatic carbocycles. The molecule has 6 heteroatoms. The lowest BCUT2D eigenvalue weighted by atomic mass is 10.2. The summed E-state index contributed by atoms with van der Waals surface area (Å²) in [5, 5.41) is 0. The molecule has 2 rings (SSSR count). The van der Waals surface area contributed by atoms with Crippen LogP contribution in [0.5, 0.6) is 0 Å². The van der Waals surface area contributed by atoms with E-state index in [1.54, 1.807) is 42.5 Å². The fraction of sp³-hybridized carbons (Fsp3) is 0.0714. The van der Waals surface area contributed by atoms with Gasteiger partial charge in [-0.25, -0.2) is 8.42 Å². The van der Waals surface area contributed by atoms with Crippen LogP contribution in [-0.4, -0.2) is 20.5 Å². The minimum absolute atomic E-state index is 0.0608. The Morgan fingerprint density at radius 2 is 1.60 bits per heavy atom. The van der Waals surface area contributed by atoms with Crippen molar-refractivity contribution in [3.8, 4) is 0 Å². The number of sulfonamides is 1. The van der Waals surface area contributed by atoms with Gasteiger partial charge in [0, 0.05) is 12.6 Å². The molecule has 2 aromatic rings. The van der Waals surface area contributed by atoms with Crippen LogP contribution in [0.15, 0.2) is 59.5 Å². The molecular weight excluding hydrogens is 292 g/mol. The summed E-state index contributed by atoms with van der Waals surface area (Å²) in [6.07, 6.45) is 0. The van der Waals surface area contributed by atoms with Crippen LogP contribution in [0.1, 0.15) is 5.56 Å². The second-order valence-electron chi connectivity index (χ2n) is 4.17. The van der Waals surface area contributed by atoms with Crippen molar-refractivity contribution >= 4 is 32.9 Å². The van der Waals surface area contributed by atoms with Crippen molar-refractivity contribution in [1.82, 2.24) is 0 Å². The van der Waals surface area contributed by atoms with Gasteiger partial charge in [0.05, 0.1) is 10.6 Å². The highest BCUT2D eigenvalue weighted by Gasteiger charge is 2.24. The minimum atomic E-state index is -3.70. The number of rotatable bonds is 4. The van der Waals surface area contributed by atoms with Crippen LogP contribution >= 0.6 is 12.2 Å². The first-order chi connectivity index (χ1) is 9.44. The van der Waals surface area contributed by atoms with Gasteiger partial charge in [-0.3, -0.25) is 4.31 Å². The SMILES string of the molecule is CN(c1ccccc1)S(=O)(=O)c1ccccc1C(N)=S. The Bertz CT molecular complexity index is 728. The molecule has 0 bridgehead atoms. The largest absolute Gasteiger partial charge is 0.389 e. The smallest absolute Gasteiger partial charge is 0.264 e. The Labute approximate surface area is 123 Å². The Balaban J connectivity index is 2.54. The number of thiocarbonyl (C=S) groups is 1. The van der Waals surface area contributed by atoms with Crippen molar-refractivity contribution in [2.75, 3.05) is 11.4 Å². The van der Waals surface area contributed by atoms with E-state index in [4.69, 9.17) is 18.0 Å². The normalized spacial score (nSPS) is 11.1. The predicted octanol–water partition coefficient (Wildman–Crippen LogP) is 2.15. The monoisotopic (exact) mass is 306 g/mol. The fourth-order valence-electron chi connectivity index (χ4n) is 1.82. The van der Waals surface area contributed by atoms with Gasteiger partial charge in [-0.2, -0.15) is 0 Å². The zero-order valence-electron chi connectivity index (χ0n) is 10.9. The molecule has 104 valence electrons. The van der Waals surface area contributed by atoms with Gasteiger partial charge in [-0.05, 0) is 18.2 Å². The van der Waals surface area contributed by atoms with Gasteiger partial charge < -0.3 is 5.73 Å². The van der Waals surface area contributed by atoms with Gasteiger partial charge >= 0.3 is 0 Å². The fourth-order valence-corrected chi connectivity index (χ4v) is 3.46. The zero-order chi connectivity index (χ0) is 14.8. The molecule has 0 atom stereocenters. The maximum absolute atomic E-state index is 12.7. The van der Waals surface area contributed by atoms with Crippen LogP contribution in [-0.2, 0) is 10.0 Å². The molecule has 0 spiro atoms. The predicted molar refractivity (Wildman–Crippen MR) is 84.4 cm³/mol. The molecule has 2 aromatic carbocycles. The Morgan fingerprint density at radius 1 is 1.05 bits per heavy atom. The standard InChI is InChI=1S/C14H14N2O2S2/c1-16(11-7-3-2-4-8-11)20(17,18)13-10-6-5-9-12(13)14(15)19/h2-10H,1H3,(H2,15,19). The summed E-state index contributed by atoms with van der Waals surface area (Å²) in [6.45, 7) is 0. The van der Waals surface area contributed by atoms with Crippen LogP contribution in [0, 0.1) is 0 Å². The Morgan fingerprint density at radius 3 is 2.20 bits per heavy atom. The van der Waals surface area contributed by atoms with E-state index in [-0.39, 0.29) is 9.88 Å². The first-order valence-corrected chi connectivity index (χ1v) is 7.72. The average Bonchev–Trinajstić information content (AvgIpc) is 2.47. The van der Waals surface area contributed by atoms with Crippen molar-refractivity contribution in [2.45, 2.75) is 4.90 Å². The topological polar surface area (TPSA) is 63.4 Å². The van der Waals surface area contributed by atoms with E-state index >= 15 is 0 Å². The molecule has 0 heterocycles. The van der Waals surface area contributed by atoms with Crippen LogP contribution in [0.4, 0.5) is 5.69 Å². The lowest BCUT2D eigenvalue weighted by Gasteiger charge is -2.20. The second kappa shape index (κ2) is 5.60. The average molecular weight is 306 g/mol. The lowest BCUT2D eigenvalue weighted by molar-refractivity contribution is 0.594. The van der Waals surface area contributed by atoms with Gasteiger partial charge in [-0.15, -0.1) is 0 Å². The molecule has 0 amide bonds. The van der Waals surface area contributed by atoms with Gasteiger partial charge in [0.25, 0.3) is 10.0 Å². The maximum atomic E-state index is 12.7. The highest BCUT2D eigenvalue weighted by molar-refractivity contribution is 7.93. The van der Waals surface area contributed by atoms with Crippen molar-refractivity contribution in [3.05, 3.63) is 60.2 Å². The highest BCUT2D eigenvalue weighted by atomic mass is 32.2. The number of nitrogens with zero attached hydrogens (tertiary/aromatic N) is 1. The molecular formula is C14H14N2O2S2. The van der Waals surface area contributed by atoms with Crippen LogP contribution in [0.2, 0.25) is 0 Å². The maximum Gasteiger partial charge on any atom is 0.264 e. The third-order valence-corrected chi connectivity index (χ3v) is 4.97. The third kappa shape index (κ3) is 2.66. The van der Waals surface area contributed by atoms with E-state index in [0.717, 1.165) is 0 Å². The van der Waals surface area contributed by atoms with Crippen LogP contribution < -0.4 is 10.0 Å². The van der Waals surface area contributed by atoms with Crippen molar-refractivity contribution < 1.29 is 8.42 Å². The number of hydrogen-bond donors (Lipinski definition) is 1. The number of nitrogens with two attached hydrogens (primary N) is 1. The third-order valence-electron chi connectivity index (χ3n) is 2.91. The van der Waals surface area contributed by atoms with Crippen molar-refractivity contribution in [2.24, 2.45) is 5.73 Å². The molecule has 0 aromatic heterocycles. The molecule has 20 heavy (non-hydrogen) atoms. The van der Waals surface area contributed by atoms with E-state index < -0.39 is 10.0 Å².